The van der Waals surface area contributed by atoms with Crippen molar-refractivity contribution in [1.82, 2.24) is 9.88 Å². The van der Waals surface area contributed by atoms with Crippen molar-refractivity contribution in [2.45, 2.75) is 51.0 Å². The molecule has 1 atom stereocenters. The lowest BCUT2D eigenvalue weighted by Gasteiger charge is -2.31. The maximum absolute atomic E-state index is 12.4. The maximum Gasteiger partial charge on any atom is 0.225 e. The van der Waals surface area contributed by atoms with Gasteiger partial charge < -0.3 is 15.0 Å². The van der Waals surface area contributed by atoms with E-state index in [0.717, 1.165) is 44.0 Å². The number of ether oxygens (including phenoxy) is 1. The van der Waals surface area contributed by atoms with Crippen LogP contribution in [-0.2, 0) is 9.53 Å². The predicted molar refractivity (Wildman–Crippen MR) is 102 cm³/mol. The highest BCUT2D eigenvalue weighted by Gasteiger charge is 2.35. The molecule has 0 aliphatic carbocycles. The maximum atomic E-state index is 12.4. The second-order valence-electron chi connectivity index (χ2n) is 7.83. The van der Waals surface area contributed by atoms with Gasteiger partial charge in [0, 0.05) is 38.4 Å². The van der Waals surface area contributed by atoms with Gasteiger partial charge >= 0.3 is 0 Å². The molecule has 3 heterocycles. The fourth-order valence-electron chi connectivity index (χ4n) is 3.25. The summed E-state index contributed by atoms with van der Waals surface area (Å²) in [5, 5.41) is 3.45. The van der Waals surface area contributed by atoms with Gasteiger partial charge in [-0.15, -0.1) is 5.54 Å². The third-order valence-corrected chi connectivity index (χ3v) is 5.39. The zero-order valence-electron chi connectivity index (χ0n) is 15.3. The zero-order valence-corrected chi connectivity index (χ0v) is 16.3. The minimum atomic E-state index is -1.44. The minimum Gasteiger partial charge on any atom is -0.381 e. The number of nitrogens with zero attached hydrogens (tertiary/aromatic N) is 2. The molecule has 2 fully saturated rings. The Kier molecular flexibility index (Phi) is 5.45. The van der Waals surface area contributed by atoms with Crippen LogP contribution in [0.2, 0.25) is 19.6 Å². The Morgan fingerprint density at radius 3 is 2.80 bits per heavy atom. The van der Waals surface area contributed by atoms with Crippen LogP contribution in [-0.4, -0.2) is 55.7 Å². The molecule has 1 aromatic heterocycles. The fraction of sp³-hybridized carbons (Fsp3) is 0.579. The smallest absolute Gasteiger partial charge is 0.225 e. The highest BCUT2D eigenvalue weighted by atomic mass is 28.3. The Morgan fingerprint density at radius 1 is 1.32 bits per heavy atom. The van der Waals surface area contributed by atoms with Crippen molar-refractivity contribution in [3.8, 4) is 11.5 Å². The summed E-state index contributed by atoms with van der Waals surface area (Å²) in [6.07, 6.45) is 4.17. The van der Waals surface area contributed by atoms with E-state index in [9.17, 15) is 4.79 Å². The van der Waals surface area contributed by atoms with Crippen molar-refractivity contribution in [2.24, 2.45) is 0 Å². The first-order valence-electron chi connectivity index (χ1n) is 9.04. The molecule has 25 heavy (non-hydrogen) atoms. The van der Waals surface area contributed by atoms with E-state index in [0.29, 0.717) is 12.5 Å². The Hall–Kier alpha value is -1.84. The molecule has 0 aromatic carbocycles. The van der Waals surface area contributed by atoms with Crippen LogP contribution in [0.5, 0.6) is 0 Å². The molecule has 2 aliphatic rings. The number of hydrogen-bond donors (Lipinski definition) is 1. The average molecular weight is 358 g/mol. The zero-order chi connectivity index (χ0) is 17.9. The van der Waals surface area contributed by atoms with E-state index in [2.05, 4.69) is 41.4 Å². The van der Waals surface area contributed by atoms with Crippen LogP contribution in [0.1, 0.15) is 24.8 Å². The molecule has 134 valence electrons. The summed E-state index contributed by atoms with van der Waals surface area (Å²) in [7, 11) is -1.44. The molecular weight excluding hydrogens is 330 g/mol. The number of hydrogen-bond acceptors (Lipinski definition) is 4. The SMILES string of the molecule is C[Si](C)(C)C#Cc1cccnc1NC1CC(=O)N(C2CCOCC2)C1. The highest BCUT2D eigenvalue weighted by molar-refractivity contribution is 6.83. The lowest BCUT2D eigenvalue weighted by Crippen LogP contribution is -2.41. The summed E-state index contributed by atoms with van der Waals surface area (Å²) in [6, 6.07) is 4.32. The number of rotatable bonds is 3. The van der Waals surface area contributed by atoms with Crippen molar-refractivity contribution >= 4 is 19.8 Å². The molecule has 0 radical (unpaired) electrons. The van der Waals surface area contributed by atoms with Crippen molar-refractivity contribution < 1.29 is 9.53 Å². The van der Waals surface area contributed by atoms with Gasteiger partial charge in [-0.1, -0.05) is 25.6 Å². The molecule has 1 amide bonds. The lowest BCUT2D eigenvalue weighted by atomic mass is 10.1. The number of anilines is 1. The number of likely N-dealkylation sites (tertiary alicyclic amines) is 1. The van der Waals surface area contributed by atoms with Gasteiger partial charge in [-0.05, 0) is 25.0 Å². The van der Waals surface area contributed by atoms with Gasteiger partial charge in [0.1, 0.15) is 13.9 Å². The Morgan fingerprint density at radius 2 is 2.08 bits per heavy atom. The molecule has 0 bridgehead atoms. The minimum absolute atomic E-state index is 0.0951. The van der Waals surface area contributed by atoms with Gasteiger partial charge in [0.2, 0.25) is 5.91 Å². The normalized spacial score (nSPS) is 21.8. The molecule has 6 heteroatoms. The second-order valence-corrected chi connectivity index (χ2v) is 12.6. The molecule has 5 nitrogen and oxygen atoms in total. The quantitative estimate of drug-likeness (QED) is 0.667. The van der Waals surface area contributed by atoms with Gasteiger partial charge in [0.25, 0.3) is 0 Å². The summed E-state index contributed by atoms with van der Waals surface area (Å²) >= 11 is 0. The van der Waals surface area contributed by atoms with Gasteiger partial charge in [-0.25, -0.2) is 4.98 Å². The molecule has 1 aromatic rings. The summed E-state index contributed by atoms with van der Waals surface area (Å²) in [5.41, 5.74) is 4.31. The van der Waals surface area contributed by atoms with Crippen LogP contribution in [0.3, 0.4) is 0 Å². The van der Waals surface area contributed by atoms with Crippen LogP contribution >= 0.6 is 0 Å². The van der Waals surface area contributed by atoms with Crippen molar-refractivity contribution in [3.05, 3.63) is 23.9 Å². The van der Waals surface area contributed by atoms with E-state index < -0.39 is 8.07 Å². The van der Waals surface area contributed by atoms with Gasteiger partial charge in [-0.3, -0.25) is 4.79 Å². The van der Waals surface area contributed by atoms with Crippen LogP contribution in [0.4, 0.5) is 5.82 Å². The van der Waals surface area contributed by atoms with Crippen LogP contribution in [0.15, 0.2) is 18.3 Å². The number of aromatic nitrogens is 1. The fourth-order valence-corrected chi connectivity index (χ4v) is 3.76. The molecule has 1 N–H and O–H groups in total. The summed E-state index contributed by atoms with van der Waals surface area (Å²) in [4.78, 5) is 18.9. The number of nitrogens with one attached hydrogen (secondary N) is 1. The van der Waals surface area contributed by atoms with E-state index in [1.54, 1.807) is 6.20 Å². The first kappa shape index (κ1) is 18.0. The number of amides is 1. The predicted octanol–water partition coefficient (Wildman–Crippen LogP) is 2.50. The van der Waals surface area contributed by atoms with Crippen LogP contribution in [0.25, 0.3) is 0 Å². The molecule has 3 rings (SSSR count). The van der Waals surface area contributed by atoms with Gasteiger partial charge in [0.05, 0.1) is 11.6 Å². The summed E-state index contributed by atoms with van der Waals surface area (Å²) in [5.74, 6) is 4.31. The van der Waals surface area contributed by atoms with Gasteiger partial charge in [-0.2, -0.15) is 0 Å². The Balaban J connectivity index is 1.69. The van der Waals surface area contributed by atoms with Crippen LogP contribution < -0.4 is 5.32 Å². The van der Waals surface area contributed by atoms with Crippen molar-refractivity contribution in [2.75, 3.05) is 25.1 Å². The Labute approximate surface area is 151 Å². The largest absolute Gasteiger partial charge is 0.381 e. The molecular formula is C19H27N3O2Si. The number of pyridine rings is 1. The first-order valence-corrected chi connectivity index (χ1v) is 12.5. The third-order valence-electron chi connectivity index (χ3n) is 4.51. The van der Waals surface area contributed by atoms with Crippen molar-refractivity contribution in [3.63, 3.8) is 0 Å². The molecule has 0 spiro atoms. The van der Waals surface area contributed by atoms with Crippen LogP contribution in [0, 0.1) is 11.5 Å². The third kappa shape index (κ3) is 4.83. The topological polar surface area (TPSA) is 54.5 Å². The van der Waals surface area contributed by atoms with E-state index in [-0.39, 0.29) is 11.9 Å². The molecule has 2 saturated heterocycles. The number of carbonyl (C=O) groups is 1. The van der Waals surface area contributed by atoms with E-state index in [4.69, 9.17) is 4.74 Å². The summed E-state index contributed by atoms with van der Waals surface area (Å²) < 4.78 is 5.41. The van der Waals surface area contributed by atoms with Gasteiger partial charge in [0.15, 0.2) is 0 Å². The number of carbonyl (C=O) groups excluding carboxylic acids is 1. The van der Waals surface area contributed by atoms with E-state index >= 15 is 0 Å². The Bertz CT molecular complexity index is 684. The average Bonchev–Trinajstić information content (AvgIpc) is 2.94. The second kappa shape index (κ2) is 7.59. The molecule has 2 aliphatic heterocycles. The monoisotopic (exact) mass is 357 g/mol. The molecule has 0 saturated carbocycles. The first-order chi connectivity index (χ1) is 11.9. The standard InChI is InChI=1S/C19H27N3O2Si/c1-25(2,3)12-8-15-5-4-9-20-19(15)21-16-13-18(23)22(14-16)17-6-10-24-11-7-17/h4-5,9,16-17H,6-7,10-11,13-14H2,1-3H3,(H,20,21). The van der Waals surface area contributed by atoms with E-state index in [1.165, 1.54) is 0 Å². The molecule has 1 unspecified atom stereocenters. The lowest BCUT2D eigenvalue weighted by molar-refractivity contribution is -0.131. The summed E-state index contributed by atoms with van der Waals surface area (Å²) in [6.45, 7) is 8.92. The van der Waals surface area contributed by atoms with Crippen molar-refractivity contribution in [1.29, 1.82) is 0 Å². The highest BCUT2D eigenvalue weighted by Crippen LogP contribution is 2.24. The van der Waals surface area contributed by atoms with E-state index in [1.807, 2.05) is 17.0 Å².